The van der Waals surface area contributed by atoms with E-state index in [0.717, 1.165) is 12.1 Å². The topological polar surface area (TPSA) is 24.4 Å². The molecule has 2 nitrogen and oxygen atoms in total. The van der Waals surface area contributed by atoms with Crippen molar-refractivity contribution in [3.63, 3.8) is 0 Å². The molecule has 2 rings (SSSR count). The average molecular weight is 233 g/mol. The van der Waals surface area contributed by atoms with Gasteiger partial charge in [0.25, 0.3) is 0 Å². The van der Waals surface area contributed by atoms with Gasteiger partial charge in [0.05, 0.1) is 5.69 Å². The normalized spacial score (nSPS) is 23.8. The summed E-state index contributed by atoms with van der Waals surface area (Å²) in [5.74, 6) is 0. The van der Waals surface area contributed by atoms with Gasteiger partial charge in [-0.05, 0) is 18.6 Å². The van der Waals surface area contributed by atoms with E-state index < -0.39 is 4.87 Å². The van der Waals surface area contributed by atoms with Gasteiger partial charge in [0, 0.05) is 6.21 Å². The third-order valence-corrected chi connectivity index (χ3v) is 2.68. The Morgan fingerprint density at radius 2 is 2.06 bits per heavy atom. The smallest absolute Gasteiger partial charge is 0.103 e. The number of hydrogen-bond donors (Lipinski definition) is 1. The van der Waals surface area contributed by atoms with Gasteiger partial charge in [-0.25, -0.2) is 0 Å². The first kappa shape index (κ1) is 11.0. The van der Waals surface area contributed by atoms with Crippen molar-refractivity contribution in [3.05, 3.63) is 54.6 Å². The van der Waals surface area contributed by atoms with Crippen LogP contribution in [0.3, 0.4) is 0 Å². The third kappa shape index (κ3) is 2.97. The van der Waals surface area contributed by atoms with E-state index >= 15 is 0 Å². The van der Waals surface area contributed by atoms with Crippen LogP contribution in [0.25, 0.3) is 0 Å². The van der Waals surface area contributed by atoms with Crippen LogP contribution in [0.1, 0.15) is 6.42 Å². The maximum absolute atomic E-state index is 6.31. The van der Waals surface area contributed by atoms with Crippen molar-refractivity contribution in [1.82, 2.24) is 0 Å². The van der Waals surface area contributed by atoms with Crippen molar-refractivity contribution >= 4 is 23.5 Å². The van der Waals surface area contributed by atoms with Crippen LogP contribution >= 0.6 is 11.6 Å². The van der Waals surface area contributed by atoms with Crippen molar-refractivity contribution in [3.8, 4) is 0 Å². The molecular formula is C13H13ClN2. The van der Waals surface area contributed by atoms with Crippen LogP contribution in [-0.2, 0) is 0 Å². The Morgan fingerprint density at radius 1 is 1.25 bits per heavy atom. The minimum atomic E-state index is -0.490. The number of benzene rings is 1. The van der Waals surface area contributed by atoms with Crippen LogP contribution in [0, 0.1) is 0 Å². The van der Waals surface area contributed by atoms with Crippen molar-refractivity contribution < 1.29 is 0 Å². The van der Waals surface area contributed by atoms with E-state index in [-0.39, 0.29) is 0 Å². The molecule has 1 aliphatic rings. The molecule has 16 heavy (non-hydrogen) atoms. The summed E-state index contributed by atoms with van der Waals surface area (Å²) in [5.41, 5.74) is 3.90. The van der Waals surface area contributed by atoms with Gasteiger partial charge in [-0.1, -0.05) is 42.5 Å². The van der Waals surface area contributed by atoms with Crippen LogP contribution in [0.15, 0.2) is 59.7 Å². The largest absolute Gasteiger partial charge is 0.279 e. The van der Waals surface area contributed by atoms with E-state index in [4.69, 9.17) is 11.6 Å². The molecule has 0 spiro atoms. The SMILES string of the molecule is ClC1(C=NNc2ccccc2)C=CC=CC1. The number of alkyl halides is 1. The molecule has 0 fully saturated rings. The fraction of sp³-hybridized carbons (Fsp3) is 0.154. The first-order valence-electron chi connectivity index (χ1n) is 5.17. The maximum atomic E-state index is 6.31. The third-order valence-electron chi connectivity index (χ3n) is 2.30. The molecule has 0 heterocycles. The molecule has 0 saturated carbocycles. The molecular weight excluding hydrogens is 220 g/mol. The molecule has 3 heteroatoms. The molecule has 1 aromatic carbocycles. The van der Waals surface area contributed by atoms with Gasteiger partial charge in [-0.2, -0.15) is 5.10 Å². The highest BCUT2D eigenvalue weighted by atomic mass is 35.5. The molecule has 1 aromatic rings. The Hall–Kier alpha value is -1.54. The van der Waals surface area contributed by atoms with Gasteiger partial charge >= 0.3 is 0 Å². The lowest BCUT2D eigenvalue weighted by Crippen LogP contribution is -2.21. The standard InChI is InChI=1S/C13H13ClN2/c14-13(9-5-2-6-10-13)11-15-16-12-7-3-1-4-8-12/h1-9,11,16H,10H2. The van der Waals surface area contributed by atoms with E-state index in [1.807, 2.05) is 54.6 Å². The predicted octanol–water partition coefficient (Wildman–Crippen LogP) is 3.58. The van der Waals surface area contributed by atoms with Gasteiger partial charge in [0.1, 0.15) is 4.87 Å². The summed E-state index contributed by atoms with van der Waals surface area (Å²) < 4.78 is 0. The lowest BCUT2D eigenvalue weighted by atomic mass is 10.0. The monoisotopic (exact) mass is 232 g/mol. The quantitative estimate of drug-likeness (QED) is 0.481. The number of halogens is 1. The summed E-state index contributed by atoms with van der Waals surface area (Å²) in [5, 5.41) is 4.14. The summed E-state index contributed by atoms with van der Waals surface area (Å²) in [4.78, 5) is -0.490. The van der Waals surface area contributed by atoms with Crippen LogP contribution in [0.5, 0.6) is 0 Å². The zero-order valence-electron chi connectivity index (χ0n) is 8.81. The predicted molar refractivity (Wildman–Crippen MR) is 70.0 cm³/mol. The molecule has 1 unspecified atom stereocenters. The van der Waals surface area contributed by atoms with Gasteiger partial charge in [-0.15, -0.1) is 11.6 Å². The highest BCUT2D eigenvalue weighted by Crippen LogP contribution is 2.23. The average Bonchev–Trinajstić information content (AvgIpc) is 2.31. The Balaban J connectivity index is 1.95. The molecule has 0 bridgehead atoms. The zero-order valence-corrected chi connectivity index (χ0v) is 9.56. The van der Waals surface area contributed by atoms with Crippen molar-refractivity contribution in [1.29, 1.82) is 0 Å². The molecule has 0 saturated heterocycles. The number of rotatable bonds is 3. The summed E-state index contributed by atoms with van der Waals surface area (Å²) in [6.45, 7) is 0. The summed E-state index contributed by atoms with van der Waals surface area (Å²) in [7, 11) is 0. The summed E-state index contributed by atoms with van der Waals surface area (Å²) >= 11 is 6.31. The van der Waals surface area contributed by atoms with E-state index in [1.54, 1.807) is 6.21 Å². The van der Waals surface area contributed by atoms with E-state index in [9.17, 15) is 0 Å². The molecule has 82 valence electrons. The van der Waals surface area contributed by atoms with Crippen LogP contribution in [0.4, 0.5) is 5.69 Å². The Bertz CT molecular complexity index is 423. The lowest BCUT2D eigenvalue weighted by Gasteiger charge is -2.17. The number of anilines is 1. The Kier molecular flexibility index (Phi) is 3.42. The second kappa shape index (κ2) is 4.99. The van der Waals surface area contributed by atoms with Crippen LogP contribution in [-0.4, -0.2) is 11.1 Å². The fourth-order valence-electron chi connectivity index (χ4n) is 1.43. The van der Waals surface area contributed by atoms with E-state index in [2.05, 4.69) is 10.5 Å². The first-order valence-corrected chi connectivity index (χ1v) is 5.55. The van der Waals surface area contributed by atoms with Crippen molar-refractivity contribution in [2.45, 2.75) is 11.3 Å². The van der Waals surface area contributed by atoms with Crippen molar-refractivity contribution in [2.75, 3.05) is 5.43 Å². The van der Waals surface area contributed by atoms with Gasteiger partial charge in [0.15, 0.2) is 0 Å². The molecule has 1 aliphatic carbocycles. The number of nitrogens with one attached hydrogen (secondary N) is 1. The lowest BCUT2D eigenvalue weighted by molar-refractivity contribution is 0.927. The van der Waals surface area contributed by atoms with Gasteiger partial charge in [0.2, 0.25) is 0 Å². The second-order valence-corrected chi connectivity index (χ2v) is 4.36. The number of hydrazone groups is 1. The highest BCUT2D eigenvalue weighted by Gasteiger charge is 2.20. The highest BCUT2D eigenvalue weighted by molar-refractivity contribution is 6.34. The molecule has 1 atom stereocenters. The Labute approximate surface area is 100 Å². The number of allylic oxidation sites excluding steroid dienone is 4. The molecule has 0 aliphatic heterocycles. The fourth-order valence-corrected chi connectivity index (χ4v) is 1.64. The molecule has 0 radical (unpaired) electrons. The van der Waals surface area contributed by atoms with Crippen LogP contribution in [0.2, 0.25) is 0 Å². The molecule has 0 amide bonds. The minimum absolute atomic E-state index is 0.490. The van der Waals surface area contributed by atoms with Crippen molar-refractivity contribution in [2.24, 2.45) is 5.10 Å². The summed E-state index contributed by atoms with van der Waals surface area (Å²) in [6.07, 6.45) is 10.4. The number of hydrogen-bond acceptors (Lipinski definition) is 2. The Morgan fingerprint density at radius 3 is 2.75 bits per heavy atom. The second-order valence-electron chi connectivity index (χ2n) is 3.65. The minimum Gasteiger partial charge on any atom is -0.279 e. The number of para-hydroxylation sites is 1. The summed E-state index contributed by atoms with van der Waals surface area (Å²) in [6, 6.07) is 9.78. The number of nitrogens with zero attached hydrogens (tertiary/aromatic N) is 1. The van der Waals surface area contributed by atoms with Gasteiger partial charge in [-0.3, -0.25) is 5.43 Å². The van der Waals surface area contributed by atoms with E-state index in [0.29, 0.717) is 0 Å². The molecule has 1 N–H and O–H groups in total. The van der Waals surface area contributed by atoms with Gasteiger partial charge < -0.3 is 0 Å². The zero-order chi connectivity index (χ0) is 11.3. The van der Waals surface area contributed by atoms with E-state index in [1.165, 1.54) is 0 Å². The maximum Gasteiger partial charge on any atom is 0.103 e. The van der Waals surface area contributed by atoms with Crippen LogP contribution < -0.4 is 5.43 Å². The first-order chi connectivity index (χ1) is 7.79. The molecule has 0 aromatic heterocycles.